The van der Waals surface area contributed by atoms with E-state index in [1.165, 1.54) is 5.56 Å². The summed E-state index contributed by atoms with van der Waals surface area (Å²) in [5.41, 5.74) is 2.70. The first-order valence-electron chi connectivity index (χ1n) is 7.15. The number of ether oxygens (including phenoxy) is 1. The number of carbonyl (C=O) groups excluding carboxylic acids is 1. The van der Waals surface area contributed by atoms with Crippen molar-refractivity contribution in [3.8, 4) is 0 Å². The number of nitrogens with zero attached hydrogens (tertiary/aromatic N) is 1. The molecular weight excluding hydrogens is 298 g/mol. The lowest BCUT2D eigenvalue weighted by molar-refractivity contribution is -0.138. The van der Waals surface area contributed by atoms with E-state index in [0.29, 0.717) is 17.2 Å². The van der Waals surface area contributed by atoms with Crippen LogP contribution in [0.15, 0.2) is 54.4 Å². The molecule has 0 N–H and O–H groups in total. The molecule has 0 saturated carbocycles. The molecule has 4 heteroatoms. The van der Waals surface area contributed by atoms with Crippen LogP contribution in [0.25, 0.3) is 6.08 Å². The Labute approximate surface area is 135 Å². The van der Waals surface area contributed by atoms with Gasteiger partial charge in [-0.3, -0.25) is 4.98 Å². The lowest BCUT2D eigenvalue weighted by Gasteiger charge is -2.05. The highest BCUT2D eigenvalue weighted by atomic mass is 35.5. The lowest BCUT2D eigenvalue weighted by Crippen LogP contribution is -2.07. The van der Waals surface area contributed by atoms with Gasteiger partial charge in [0.05, 0.1) is 6.61 Å². The van der Waals surface area contributed by atoms with Crippen molar-refractivity contribution < 1.29 is 9.53 Å². The standard InChI is InChI=1S/C18H18ClNO2/c1-14(13-16-4-6-17(19)7-5-16)18(21)22-12-2-3-15-8-10-20-11-9-15/h4-11,13H,2-3,12H2,1H3/b14-13-. The van der Waals surface area contributed by atoms with Gasteiger partial charge < -0.3 is 4.74 Å². The molecule has 2 aromatic rings. The third-order valence-corrected chi connectivity index (χ3v) is 3.42. The van der Waals surface area contributed by atoms with E-state index in [-0.39, 0.29) is 5.97 Å². The second-order valence-electron chi connectivity index (χ2n) is 4.97. The number of carbonyl (C=O) groups is 1. The Morgan fingerprint density at radius 3 is 2.55 bits per heavy atom. The Morgan fingerprint density at radius 1 is 1.18 bits per heavy atom. The van der Waals surface area contributed by atoms with Crippen LogP contribution in [0.1, 0.15) is 24.5 Å². The number of esters is 1. The summed E-state index contributed by atoms with van der Waals surface area (Å²) in [5, 5.41) is 0.675. The second-order valence-corrected chi connectivity index (χ2v) is 5.41. The van der Waals surface area contributed by atoms with Crippen LogP contribution in [0, 0.1) is 0 Å². The van der Waals surface area contributed by atoms with Gasteiger partial charge in [-0.05, 0) is 61.2 Å². The minimum atomic E-state index is -0.287. The summed E-state index contributed by atoms with van der Waals surface area (Å²) in [5.74, 6) is -0.287. The average Bonchev–Trinajstić information content (AvgIpc) is 2.54. The van der Waals surface area contributed by atoms with E-state index in [0.717, 1.165) is 18.4 Å². The predicted octanol–water partition coefficient (Wildman–Crippen LogP) is 4.31. The fraction of sp³-hybridized carbons (Fsp3) is 0.222. The molecule has 1 aromatic heterocycles. The fourth-order valence-corrected chi connectivity index (χ4v) is 2.10. The normalized spacial score (nSPS) is 11.3. The number of aromatic nitrogens is 1. The summed E-state index contributed by atoms with van der Waals surface area (Å²) in [6.45, 7) is 2.16. The molecule has 0 atom stereocenters. The van der Waals surface area contributed by atoms with Gasteiger partial charge in [0.25, 0.3) is 0 Å². The van der Waals surface area contributed by atoms with Gasteiger partial charge in [-0.15, -0.1) is 0 Å². The van der Waals surface area contributed by atoms with Crippen molar-refractivity contribution in [2.75, 3.05) is 6.61 Å². The predicted molar refractivity (Wildman–Crippen MR) is 88.6 cm³/mol. The quantitative estimate of drug-likeness (QED) is 0.453. The highest BCUT2D eigenvalue weighted by Crippen LogP contribution is 2.13. The molecule has 1 aromatic carbocycles. The number of pyridine rings is 1. The molecule has 0 fully saturated rings. The zero-order valence-electron chi connectivity index (χ0n) is 12.5. The van der Waals surface area contributed by atoms with Gasteiger partial charge in [-0.1, -0.05) is 23.7 Å². The van der Waals surface area contributed by atoms with Gasteiger partial charge in [-0.2, -0.15) is 0 Å². The van der Waals surface area contributed by atoms with Gasteiger partial charge in [0.1, 0.15) is 0 Å². The van der Waals surface area contributed by atoms with Crippen LogP contribution < -0.4 is 0 Å². The summed E-state index contributed by atoms with van der Waals surface area (Å²) in [7, 11) is 0. The first kappa shape index (κ1) is 16.2. The third-order valence-electron chi connectivity index (χ3n) is 3.17. The van der Waals surface area contributed by atoms with E-state index < -0.39 is 0 Å². The summed E-state index contributed by atoms with van der Waals surface area (Å²) in [6, 6.07) is 11.2. The number of rotatable bonds is 6. The molecule has 0 aliphatic heterocycles. The van der Waals surface area contributed by atoms with Gasteiger partial charge in [0, 0.05) is 23.0 Å². The van der Waals surface area contributed by atoms with Crippen LogP contribution >= 0.6 is 11.6 Å². The molecule has 22 heavy (non-hydrogen) atoms. The number of halogens is 1. The van der Waals surface area contributed by atoms with Crippen molar-refractivity contribution in [1.29, 1.82) is 0 Å². The summed E-state index contributed by atoms with van der Waals surface area (Å²) in [4.78, 5) is 15.9. The van der Waals surface area contributed by atoms with Gasteiger partial charge in [-0.25, -0.2) is 4.79 Å². The van der Waals surface area contributed by atoms with Gasteiger partial charge >= 0.3 is 5.97 Å². The molecule has 0 amide bonds. The summed E-state index contributed by atoms with van der Waals surface area (Å²) in [6.07, 6.45) is 6.99. The van der Waals surface area contributed by atoms with Crippen LogP contribution in [0.2, 0.25) is 5.02 Å². The maximum absolute atomic E-state index is 11.9. The minimum Gasteiger partial charge on any atom is -0.462 e. The molecule has 0 spiro atoms. The maximum Gasteiger partial charge on any atom is 0.333 e. The summed E-state index contributed by atoms with van der Waals surface area (Å²) >= 11 is 5.83. The first-order chi connectivity index (χ1) is 10.6. The van der Waals surface area contributed by atoms with Crippen molar-refractivity contribution in [2.24, 2.45) is 0 Å². The van der Waals surface area contributed by atoms with E-state index in [1.807, 2.05) is 24.3 Å². The zero-order valence-corrected chi connectivity index (χ0v) is 13.2. The highest BCUT2D eigenvalue weighted by molar-refractivity contribution is 6.30. The van der Waals surface area contributed by atoms with Gasteiger partial charge in [0.15, 0.2) is 0 Å². The van der Waals surface area contributed by atoms with E-state index in [2.05, 4.69) is 4.98 Å². The number of hydrogen-bond acceptors (Lipinski definition) is 3. The molecule has 0 radical (unpaired) electrons. The zero-order chi connectivity index (χ0) is 15.8. The molecule has 0 bridgehead atoms. The molecule has 0 unspecified atom stereocenters. The Balaban J connectivity index is 1.78. The van der Waals surface area contributed by atoms with E-state index in [1.54, 1.807) is 37.5 Å². The van der Waals surface area contributed by atoms with Crippen LogP contribution in [0.5, 0.6) is 0 Å². The van der Waals surface area contributed by atoms with Crippen LogP contribution in [-0.2, 0) is 16.0 Å². The third kappa shape index (κ3) is 5.34. The molecule has 3 nitrogen and oxygen atoms in total. The molecule has 0 saturated heterocycles. The van der Waals surface area contributed by atoms with Crippen molar-refractivity contribution in [3.63, 3.8) is 0 Å². The number of aryl methyl sites for hydroxylation is 1. The fourth-order valence-electron chi connectivity index (χ4n) is 1.97. The molecule has 2 rings (SSSR count). The van der Waals surface area contributed by atoms with Crippen molar-refractivity contribution >= 4 is 23.6 Å². The van der Waals surface area contributed by atoms with Crippen LogP contribution in [-0.4, -0.2) is 17.6 Å². The summed E-state index contributed by atoms with van der Waals surface area (Å²) < 4.78 is 5.27. The first-order valence-corrected chi connectivity index (χ1v) is 7.53. The Bertz CT molecular complexity index is 636. The minimum absolute atomic E-state index is 0.287. The molecular formula is C18H18ClNO2. The molecule has 0 aliphatic carbocycles. The van der Waals surface area contributed by atoms with Gasteiger partial charge in [0.2, 0.25) is 0 Å². The molecule has 114 valence electrons. The highest BCUT2D eigenvalue weighted by Gasteiger charge is 2.05. The molecule has 1 heterocycles. The maximum atomic E-state index is 11.9. The molecule has 0 aliphatic rings. The van der Waals surface area contributed by atoms with Crippen molar-refractivity contribution in [1.82, 2.24) is 4.98 Å². The number of benzene rings is 1. The van der Waals surface area contributed by atoms with Crippen molar-refractivity contribution in [2.45, 2.75) is 19.8 Å². The smallest absolute Gasteiger partial charge is 0.333 e. The topological polar surface area (TPSA) is 39.2 Å². The van der Waals surface area contributed by atoms with Crippen LogP contribution in [0.3, 0.4) is 0 Å². The lowest BCUT2D eigenvalue weighted by atomic mass is 10.1. The Kier molecular flexibility index (Phi) is 6.16. The average molecular weight is 316 g/mol. The largest absolute Gasteiger partial charge is 0.462 e. The number of hydrogen-bond donors (Lipinski definition) is 0. The Hall–Kier alpha value is -2.13. The van der Waals surface area contributed by atoms with Crippen molar-refractivity contribution in [3.05, 3.63) is 70.5 Å². The Morgan fingerprint density at radius 2 is 1.86 bits per heavy atom. The van der Waals surface area contributed by atoms with E-state index in [9.17, 15) is 4.79 Å². The monoisotopic (exact) mass is 315 g/mol. The second kappa shape index (κ2) is 8.35. The SMILES string of the molecule is C/C(=C/c1ccc(Cl)cc1)C(=O)OCCCc1ccncc1. The van der Waals surface area contributed by atoms with Crippen LogP contribution in [0.4, 0.5) is 0 Å². The van der Waals surface area contributed by atoms with E-state index >= 15 is 0 Å². The van der Waals surface area contributed by atoms with E-state index in [4.69, 9.17) is 16.3 Å².